The Balaban J connectivity index is 0.000000204. The van der Waals surface area contributed by atoms with Gasteiger partial charge in [-0.3, -0.25) is 0 Å². The van der Waals surface area contributed by atoms with Gasteiger partial charge >= 0.3 is 5.97 Å². The topological polar surface area (TPSA) is 37.3 Å². The van der Waals surface area contributed by atoms with Crippen molar-refractivity contribution in [1.29, 1.82) is 0 Å². The molecule has 0 radical (unpaired) electrons. The van der Waals surface area contributed by atoms with Gasteiger partial charge in [-0.25, -0.2) is 4.79 Å². The van der Waals surface area contributed by atoms with E-state index in [-0.39, 0.29) is 0 Å². The molecule has 2 rings (SSSR count). The molecule has 0 spiro atoms. The zero-order chi connectivity index (χ0) is 15.0. The molecule has 0 amide bonds. The second-order valence-corrected chi connectivity index (χ2v) is 4.24. The zero-order valence-corrected chi connectivity index (χ0v) is 11.5. The molecule has 2 heteroatoms. The molecular formula is C18H18O2. The number of aromatic carboxylic acids is 1. The van der Waals surface area contributed by atoms with Gasteiger partial charge in [0.2, 0.25) is 0 Å². The Bertz CT molecular complexity index is 598. The summed E-state index contributed by atoms with van der Waals surface area (Å²) in [7, 11) is 0. The van der Waals surface area contributed by atoms with Crippen LogP contribution in [0.1, 0.15) is 28.4 Å². The highest BCUT2D eigenvalue weighted by Crippen LogP contribution is 2.09. The molecule has 0 aliphatic rings. The summed E-state index contributed by atoms with van der Waals surface area (Å²) in [6, 6.07) is 16.9. The van der Waals surface area contributed by atoms with Gasteiger partial charge in [0.15, 0.2) is 0 Å². The van der Waals surface area contributed by atoms with E-state index < -0.39 is 5.97 Å². The zero-order valence-electron chi connectivity index (χ0n) is 11.5. The Hall–Kier alpha value is -2.61. The minimum Gasteiger partial charge on any atom is -0.478 e. The molecule has 0 saturated heterocycles. The molecule has 0 aromatic heterocycles. The number of hydrogen-bond acceptors (Lipinski definition) is 1. The van der Waals surface area contributed by atoms with E-state index in [1.54, 1.807) is 24.3 Å². The number of hydrogen-bond donors (Lipinski definition) is 1. The van der Waals surface area contributed by atoms with Crippen molar-refractivity contribution in [3.05, 3.63) is 84.4 Å². The fourth-order valence-corrected chi connectivity index (χ4v) is 1.59. The summed E-state index contributed by atoms with van der Waals surface area (Å²) in [4.78, 5) is 10.5. The van der Waals surface area contributed by atoms with Crippen LogP contribution in [0.25, 0.3) is 11.6 Å². The molecule has 0 heterocycles. The van der Waals surface area contributed by atoms with Crippen molar-refractivity contribution < 1.29 is 9.90 Å². The van der Waals surface area contributed by atoms with Crippen molar-refractivity contribution in [3.8, 4) is 0 Å². The first-order valence-corrected chi connectivity index (χ1v) is 6.22. The van der Waals surface area contributed by atoms with E-state index in [4.69, 9.17) is 5.11 Å². The number of carboxylic acids is 1. The Labute approximate surface area is 119 Å². The SMILES string of the molecule is C=C(C)c1ccccc1.C=Cc1ccccc1C(=O)O. The van der Waals surface area contributed by atoms with Crippen molar-refractivity contribution in [2.45, 2.75) is 6.92 Å². The third kappa shape index (κ3) is 4.58. The molecular weight excluding hydrogens is 248 g/mol. The maximum Gasteiger partial charge on any atom is 0.336 e. The molecule has 0 aliphatic carbocycles. The highest BCUT2D eigenvalue weighted by Gasteiger charge is 2.04. The van der Waals surface area contributed by atoms with E-state index in [2.05, 4.69) is 25.3 Å². The third-order valence-electron chi connectivity index (χ3n) is 2.68. The summed E-state index contributed by atoms with van der Waals surface area (Å²) in [6.45, 7) is 9.35. The molecule has 1 N–H and O–H groups in total. The van der Waals surface area contributed by atoms with Crippen LogP contribution >= 0.6 is 0 Å². The van der Waals surface area contributed by atoms with Crippen molar-refractivity contribution in [2.75, 3.05) is 0 Å². The van der Waals surface area contributed by atoms with Crippen LogP contribution in [-0.2, 0) is 0 Å². The van der Waals surface area contributed by atoms with E-state index in [1.807, 2.05) is 25.1 Å². The van der Waals surface area contributed by atoms with Crippen LogP contribution in [0.5, 0.6) is 0 Å². The summed E-state index contributed by atoms with van der Waals surface area (Å²) in [5, 5.41) is 8.65. The lowest BCUT2D eigenvalue weighted by molar-refractivity contribution is 0.0696. The van der Waals surface area contributed by atoms with Crippen molar-refractivity contribution in [3.63, 3.8) is 0 Å². The second kappa shape index (κ2) is 7.74. The van der Waals surface area contributed by atoms with Crippen LogP contribution in [0.4, 0.5) is 0 Å². The second-order valence-electron chi connectivity index (χ2n) is 4.24. The van der Waals surface area contributed by atoms with Gasteiger partial charge in [-0.05, 0) is 24.1 Å². The van der Waals surface area contributed by atoms with Crippen LogP contribution in [0.15, 0.2) is 67.8 Å². The molecule has 0 saturated carbocycles. The van der Waals surface area contributed by atoms with Gasteiger partial charge in [-0.15, -0.1) is 0 Å². The van der Waals surface area contributed by atoms with Gasteiger partial charge in [0.25, 0.3) is 0 Å². The molecule has 2 aromatic carbocycles. The molecule has 2 aromatic rings. The number of rotatable bonds is 3. The summed E-state index contributed by atoms with van der Waals surface area (Å²) in [5.41, 5.74) is 3.29. The maximum absolute atomic E-state index is 10.5. The lowest BCUT2D eigenvalue weighted by Crippen LogP contribution is -1.98. The molecule has 0 atom stereocenters. The molecule has 20 heavy (non-hydrogen) atoms. The summed E-state index contributed by atoms with van der Waals surface area (Å²) in [6.07, 6.45) is 1.53. The van der Waals surface area contributed by atoms with Crippen LogP contribution in [0, 0.1) is 0 Å². The molecule has 0 bridgehead atoms. The van der Waals surface area contributed by atoms with Crippen molar-refractivity contribution in [2.24, 2.45) is 0 Å². The molecule has 0 fully saturated rings. The van der Waals surface area contributed by atoms with Gasteiger partial charge in [0.05, 0.1) is 5.56 Å². The van der Waals surface area contributed by atoms with Gasteiger partial charge in [-0.2, -0.15) is 0 Å². The van der Waals surface area contributed by atoms with Gasteiger partial charge < -0.3 is 5.11 Å². The number of carbonyl (C=O) groups is 1. The Morgan fingerprint density at radius 1 is 1.05 bits per heavy atom. The van der Waals surface area contributed by atoms with Crippen LogP contribution in [0.3, 0.4) is 0 Å². The van der Waals surface area contributed by atoms with Crippen LogP contribution < -0.4 is 0 Å². The monoisotopic (exact) mass is 266 g/mol. The van der Waals surface area contributed by atoms with Gasteiger partial charge in [0.1, 0.15) is 0 Å². The molecule has 2 nitrogen and oxygen atoms in total. The highest BCUT2D eigenvalue weighted by molar-refractivity contribution is 5.91. The Morgan fingerprint density at radius 2 is 1.60 bits per heavy atom. The van der Waals surface area contributed by atoms with Crippen molar-refractivity contribution in [1.82, 2.24) is 0 Å². The quantitative estimate of drug-likeness (QED) is 0.870. The average Bonchev–Trinajstić information content (AvgIpc) is 2.48. The first kappa shape index (κ1) is 15.4. The van der Waals surface area contributed by atoms with E-state index in [9.17, 15) is 4.79 Å². The maximum atomic E-state index is 10.5. The summed E-state index contributed by atoms with van der Waals surface area (Å²) < 4.78 is 0. The largest absolute Gasteiger partial charge is 0.478 e. The van der Waals surface area contributed by atoms with E-state index in [0.717, 1.165) is 5.57 Å². The smallest absolute Gasteiger partial charge is 0.336 e. The number of benzene rings is 2. The highest BCUT2D eigenvalue weighted by atomic mass is 16.4. The van der Waals surface area contributed by atoms with Crippen molar-refractivity contribution >= 4 is 17.6 Å². The number of allylic oxidation sites excluding steroid dienone is 1. The first-order chi connectivity index (χ1) is 9.56. The summed E-state index contributed by atoms with van der Waals surface area (Å²) in [5.74, 6) is -0.916. The average molecular weight is 266 g/mol. The predicted octanol–water partition coefficient (Wildman–Crippen LogP) is 4.75. The molecule has 102 valence electrons. The van der Waals surface area contributed by atoms with Crippen LogP contribution in [-0.4, -0.2) is 11.1 Å². The van der Waals surface area contributed by atoms with Gasteiger partial charge in [-0.1, -0.05) is 73.3 Å². The first-order valence-electron chi connectivity index (χ1n) is 6.22. The van der Waals surface area contributed by atoms with E-state index >= 15 is 0 Å². The minimum absolute atomic E-state index is 0.294. The molecule has 0 unspecified atom stereocenters. The standard InChI is InChI=1S/C9H8O2.C9H10/c1-2-7-5-3-4-6-8(7)9(10)11;1-8(2)9-6-4-3-5-7-9/h2-6H,1H2,(H,10,11);3-7H,1H2,2H3. The lowest BCUT2D eigenvalue weighted by Gasteiger charge is -1.97. The fourth-order valence-electron chi connectivity index (χ4n) is 1.59. The lowest BCUT2D eigenvalue weighted by atomic mass is 10.1. The van der Waals surface area contributed by atoms with E-state index in [1.165, 1.54) is 11.6 Å². The van der Waals surface area contributed by atoms with E-state index in [0.29, 0.717) is 11.1 Å². The minimum atomic E-state index is -0.916. The fraction of sp³-hybridized carbons (Fsp3) is 0.0556. The Kier molecular flexibility index (Phi) is 5.98. The van der Waals surface area contributed by atoms with Gasteiger partial charge in [0, 0.05) is 0 Å². The normalized spacial score (nSPS) is 9.05. The predicted molar refractivity (Wildman–Crippen MR) is 84.6 cm³/mol. The number of carboxylic acid groups (broad SMARTS) is 1. The summed E-state index contributed by atoms with van der Waals surface area (Å²) >= 11 is 0. The Morgan fingerprint density at radius 3 is 2.00 bits per heavy atom. The third-order valence-corrected chi connectivity index (χ3v) is 2.68. The molecule has 0 aliphatic heterocycles. The van der Waals surface area contributed by atoms with Crippen LogP contribution in [0.2, 0.25) is 0 Å².